The van der Waals surface area contributed by atoms with Gasteiger partial charge in [-0.05, 0) is 93.5 Å². The topological polar surface area (TPSA) is 102 Å². The largest absolute Gasteiger partial charge is 0.502 e. The summed E-state index contributed by atoms with van der Waals surface area (Å²) in [7, 11) is -2.78. The van der Waals surface area contributed by atoms with Gasteiger partial charge in [0.05, 0.1) is 19.8 Å². The summed E-state index contributed by atoms with van der Waals surface area (Å²) in [5, 5.41) is 4.95. The van der Waals surface area contributed by atoms with Gasteiger partial charge in [-0.25, -0.2) is 9.59 Å². The van der Waals surface area contributed by atoms with E-state index >= 15 is 0 Å². The Morgan fingerprint density at radius 2 is 1.31 bits per heavy atom. The first-order chi connectivity index (χ1) is 21.9. The molecular formula is C35H55NO8Si. The zero-order valence-corrected chi connectivity index (χ0v) is 28.9. The van der Waals surface area contributed by atoms with Gasteiger partial charge in [0.15, 0.2) is 0 Å². The molecule has 0 aliphatic heterocycles. The van der Waals surface area contributed by atoms with Crippen molar-refractivity contribution in [3.8, 4) is 5.75 Å². The van der Waals surface area contributed by atoms with E-state index in [0.717, 1.165) is 60.8 Å². The second-order valence-corrected chi connectivity index (χ2v) is 13.5. The summed E-state index contributed by atoms with van der Waals surface area (Å²) in [4.78, 5) is 24.2. The summed E-state index contributed by atoms with van der Waals surface area (Å²) >= 11 is 0. The van der Waals surface area contributed by atoms with Crippen LogP contribution in [0.15, 0.2) is 42.5 Å². The molecule has 2 aromatic rings. The number of unbranched alkanes of at least 4 members (excludes halogenated alkanes) is 7. The van der Waals surface area contributed by atoms with Crippen LogP contribution in [0, 0.1) is 0 Å². The summed E-state index contributed by atoms with van der Waals surface area (Å²) in [6.07, 6.45) is 12.1. The first kappa shape index (κ1) is 38.3. The number of amides is 1. The first-order valence-corrected chi connectivity index (χ1v) is 18.7. The standard InChI is InChI=1S/C35H55NO8Si/c1-5-9-10-11-14-24-39-33-21-20-31-28-30(17-19-32(31)29-33)18-22-34(37)40-25-15-12-13-16-26-41-35(38)36-23-27-45(42-6-2,43-7-3)44-8-4/h17-22,28-29H,5-16,23-27H2,1-4H3,(H,36,38)/b22-18+. The summed E-state index contributed by atoms with van der Waals surface area (Å²) < 4.78 is 33.9. The minimum Gasteiger partial charge on any atom is -0.494 e. The normalized spacial score (nSPS) is 11.6. The van der Waals surface area contributed by atoms with Crippen molar-refractivity contribution in [1.29, 1.82) is 0 Å². The van der Waals surface area contributed by atoms with Crippen molar-refractivity contribution in [3.63, 3.8) is 0 Å². The molecule has 0 aliphatic carbocycles. The molecule has 0 saturated heterocycles. The smallest absolute Gasteiger partial charge is 0.494 e. The van der Waals surface area contributed by atoms with Crippen LogP contribution in [0.2, 0.25) is 6.04 Å². The summed E-state index contributed by atoms with van der Waals surface area (Å²) in [5.74, 6) is 0.531. The quantitative estimate of drug-likeness (QED) is 0.0501. The molecule has 0 aliphatic rings. The molecule has 2 rings (SSSR count). The van der Waals surface area contributed by atoms with E-state index in [1.807, 2.05) is 45.0 Å². The number of hydrogen-bond donors (Lipinski definition) is 1. The number of benzene rings is 2. The van der Waals surface area contributed by atoms with Gasteiger partial charge in [0.2, 0.25) is 0 Å². The number of alkyl carbamates (subject to hydrolysis) is 1. The number of ether oxygens (including phenoxy) is 3. The van der Waals surface area contributed by atoms with Crippen molar-refractivity contribution in [3.05, 3.63) is 48.0 Å². The fourth-order valence-corrected chi connectivity index (χ4v) is 7.24. The number of carbonyl (C=O) groups excluding carboxylic acids is 2. The van der Waals surface area contributed by atoms with Gasteiger partial charge in [0.1, 0.15) is 5.75 Å². The zero-order chi connectivity index (χ0) is 32.6. The zero-order valence-electron chi connectivity index (χ0n) is 27.9. The van der Waals surface area contributed by atoms with Gasteiger partial charge in [-0.15, -0.1) is 0 Å². The van der Waals surface area contributed by atoms with Crippen LogP contribution < -0.4 is 10.1 Å². The van der Waals surface area contributed by atoms with Gasteiger partial charge < -0.3 is 32.8 Å². The Labute approximate surface area is 271 Å². The number of hydrogen-bond acceptors (Lipinski definition) is 8. The maximum atomic E-state index is 12.2. The molecule has 1 amide bonds. The van der Waals surface area contributed by atoms with Crippen molar-refractivity contribution < 1.29 is 37.1 Å². The third kappa shape index (κ3) is 16.3. The van der Waals surface area contributed by atoms with Crippen molar-refractivity contribution in [2.75, 3.05) is 46.2 Å². The maximum absolute atomic E-state index is 12.2. The van der Waals surface area contributed by atoms with E-state index in [0.29, 0.717) is 45.6 Å². The minimum atomic E-state index is -2.78. The monoisotopic (exact) mass is 645 g/mol. The van der Waals surface area contributed by atoms with Gasteiger partial charge in [0.25, 0.3) is 0 Å². The molecule has 0 fully saturated rings. The molecule has 10 heteroatoms. The molecule has 45 heavy (non-hydrogen) atoms. The second kappa shape index (κ2) is 23.4. The molecule has 1 N–H and O–H groups in total. The molecule has 0 unspecified atom stereocenters. The predicted octanol–water partition coefficient (Wildman–Crippen LogP) is 8.08. The Balaban J connectivity index is 1.57. The van der Waals surface area contributed by atoms with E-state index in [1.54, 1.807) is 6.08 Å². The number of rotatable bonds is 25. The molecule has 0 spiro atoms. The van der Waals surface area contributed by atoms with Gasteiger partial charge >= 0.3 is 20.9 Å². The van der Waals surface area contributed by atoms with E-state index in [4.69, 9.17) is 27.5 Å². The molecule has 0 saturated carbocycles. The lowest BCUT2D eigenvalue weighted by Crippen LogP contribution is -2.48. The molecule has 252 valence electrons. The van der Waals surface area contributed by atoms with Gasteiger partial charge in [0, 0.05) is 38.5 Å². The molecule has 0 heterocycles. The second-order valence-electron chi connectivity index (χ2n) is 10.7. The first-order valence-electron chi connectivity index (χ1n) is 16.8. The number of fused-ring (bicyclic) bond motifs is 1. The molecule has 0 radical (unpaired) electrons. The SMILES string of the molecule is CCCCCCCOc1ccc2cc(/C=C/C(=O)OCCCCCCOC(=O)NCC[Si](OCC)(OCC)OCC)ccc2c1. The van der Waals surface area contributed by atoms with Crippen LogP contribution in [0.5, 0.6) is 5.75 Å². The van der Waals surface area contributed by atoms with Crippen LogP contribution in [0.1, 0.15) is 91.0 Å². The maximum Gasteiger partial charge on any atom is 0.502 e. The molecule has 0 aromatic heterocycles. The van der Waals surface area contributed by atoms with Gasteiger partial charge in [-0.1, -0.05) is 50.8 Å². The Morgan fingerprint density at radius 3 is 1.98 bits per heavy atom. The van der Waals surface area contributed by atoms with E-state index in [9.17, 15) is 9.59 Å². The highest BCUT2D eigenvalue weighted by Gasteiger charge is 2.40. The van der Waals surface area contributed by atoms with Crippen LogP contribution in [0.3, 0.4) is 0 Å². The van der Waals surface area contributed by atoms with Crippen LogP contribution in [0.25, 0.3) is 16.8 Å². The summed E-state index contributed by atoms with van der Waals surface area (Å²) in [5.41, 5.74) is 0.937. The van der Waals surface area contributed by atoms with Crippen LogP contribution in [-0.2, 0) is 27.5 Å². The number of carbonyl (C=O) groups is 2. The molecule has 0 atom stereocenters. The van der Waals surface area contributed by atoms with Crippen molar-refractivity contribution in [1.82, 2.24) is 5.32 Å². The fraction of sp³-hybridized carbons (Fsp3) is 0.600. The molecular weight excluding hydrogens is 590 g/mol. The molecule has 2 aromatic carbocycles. The van der Waals surface area contributed by atoms with Crippen molar-refractivity contribution in [2.24, 2.45) is 0 Å². The third-order valence-corrected chi connectivity index (χ3v) is 10.1. The average Bonchev–Trinajstić information content (AvgIpc) is 3.03. The third-order valence-electron chi connectivity index (χ3n) is 7.07. The summed E-state index contributed by atoms with van der Waals surface area (Å²) in [6.45, 7) is 11.2. The Hall–Kier alpha value is -2.92. The Kier molecular flexibility index (Phi) is 19.9. The highest BCUT2D eigenvalue weighted by Crippen LogP contribution is 2.23. The van der Waals surface area contributed by atoms with Gasteiger partial charge in [-0.2, -0.15) is 0 Å². The highest BCUT2D eigenvalue weighted by atomic mass is 28.4. The van der Waals surface area contributed by atoms with E-state index in [-0.39, 0.29) is 5.97 Å². The lowest BCUT2D eigenvalue weighted by atomic mass is 10.1. The van der Waals surface area contributed by atoms with Crippen LogP contribution >= 0.6 is 0 Å². The summed E-state index contributed by atoms with van der Waals surface area (Å²) in [6, 6.07) is 12.7. The minimum absolute atomic E-state index is 0.332. The van der Waals surface area contributed by atoms with Crippen LogP contribution in [0.4, 0.5) is 4.79 Å². The van der Waals surface area contributed by atoms with E-state index in [2.05, 4.69) is 24.4 Å². The molecule has 9 nitrogen and oxygen atoms in total. The Bertz CT molecular complexity index is 1120. The van der Waals surface area contributed by atoms with Crippen LogP contribution in [-0.4, -0.2) is 67.1 Å². The fourth-order valence-electron chi connectivity index (χ4n) is 4.81. The number of nitrogens with one attached hydrogen (secondary N) is 1. The predicted molar refractivity (Wildman–Crippen MR) is 181 cm³/mol. The van der Waals surface area contributed by atoms with Crippen molar-refractivity contribution in [2.45, 2.75) is 91.5 Å². The lowest BCUT2D eigenvalue weighted by molar-refractivity contribution is -0.137. The van der Waals surface area contributed by atoms with Crippen molar-refractivity contribution >= 4 is 37.7 Å². The highest BCUT2D eigenvalue weighted by molar-refractivity contribution is 6.60. The molecule has 0 bridgehead atoms. The van der Waals surface area contributed by atoms with E-state index < -0.39 is 14.9 Å². The Morgan fingerprint density at radius 1 is 0.711 bits per heavy atom. The average molecular weight is 646 g/mol. The van der Waals surface area contributed by atoms with E-state index in [1.165, 1.54) is 31.8 Å². The number of esters is 1. The van der Waals surface area contributed by atoms with Gasteiger partial charge in [-0.3, -0.25) is 0 Å². The lowest BCUT2D eigenvalue weighted by Gasteiger charge is -2.28.